The molecule has 0 aliphatic heterocycles. The van der Waals surface area contributed by atoms with Crippen molar-refractivity contribution in [1.29, 1.82) is 0 Å². The third-order valence-electron chi connectivity index (χ3n) is 3.32. The molecule has 0 saturated carbocycles. The average Bonchev–Trinajstić information content (AvgIpc) is 3.10. The maximum Gasteiger partial charge on any atom is 0.407 e. The van der Waals surface area contributed by atoms with E-state index >= 15 is 0 Å². The Bertz CT molecular complexity index is 786. The molecule has 0 aliphatic rings. The Balaban J connectivity index is 2.03. The summed E-state index contributed by atoms with van der Waals surface area (Å²) < 4.78 is 19.9. The number of hydrogen-bond acceptors (Lipinski definition) is 8. The molecule has 1 heterocycles. The topological polar surface area (TPSA) is 117 Å². The van der Waals surface area contributed by atoms with Gasteiger partial charge in [-0.15, -0.1) is 0 Å². The Morgan fingerprint density at radius 3 is 2.33 bits per heavy atom. The molecule has 0 aliphatic carbocycles. The second-order valence-corrected chi connectivity index (χ2v) is 5.19. The number of amides is 1. The predicted molar refractivity (Wildman–Crippen MR) is 91.9 cm³/mol. The number of carbonyl (C=O) groups excluding carboxylic acids is 3. The fourth-order valence-corrected chi connectivity index (χ4v) is 2.12. The summed E-state index contributed by atoms with van der Waals surface area (Å²) in [4.78, 5) is 35.9. The van der Waals surface area contributed by atoms with Crippen LogP contribution in [0.1, 0.15) is 46.0 Å². The molecule has 2 aromatic rings. The number of hydrogen-bond donors (Lipinski definition) is 1. The van der Waals surface area contributed by atoms with Crippen LogP contribution in [0.5, 0.6) is 0 Å². The molecule has 1 amide bonds. The van der Waals surface area contributed by atoms with Crippen molar-refractivity contribution in [3.8, 4) is 0 Å². The van der Waals surface area contributed by atoms with Gasteiger partial charge in [-0.25, -0.2) is 14.4 Å². The number of rotatable bonds is 8. The molecule has 144 valence electrons. The SMILES string of the molecule is CCOC(=O)c1noc(CNC(=O)OCc2ccccc2)c1C(=O)OCC. The first-order valence-corrected chi connectivity index (χ1v) is 8.34. The lowest BCUT2D eigenvalue weighted by atomic mass is 10.2. The van der Waals surface area contributed by atoms with E-state index in [0.717, 1.165) is 5.56 Å². The quantitative estimate of drug-likeness (QED) is 0.551. The van der Waals surface area contributed by atoms with Crippen LogP contribution >= 0.6 is 0 Å². The first-order valence-electron chi connectivity index (χ1n) is 8.34. The molecule has 0 bridgehead atoms. The van der Waals surface area contributed by atoms with Crippen molar-refractivity contribution in [1.82, 2.24) is 10.5 Å². The van der Waals surface area contributed by atoms with Crippen LogP contribution in [0, 0.1) is 0 Å². The predicted octanol–water partition coefficient (Wildman–Crippen LogP) is 2.45. The second kappa shape index (κ2) is 9.95. The highest BCUT2D eigenvalue weighted by atomic mass is 16.6. The minimum atomic E-state index is -0.817. The van der Waals surface area contributed by atoms with E-state index in [1.807, 2.05) is 30.3 Å². The van der Waals surface area contributed by atoms with Crippen molar-refractivity contribution < 1.29 is 33.1 Å². The van der Waals surface area contributed by atoms with Crippen molar-refractivity contribution >= 4 is 18.0 Å². The standard InChI is InChI=1S/C18H20N2O7/c1-3-24-16(21)14-13(27-20-15(14)17(22)25-4-2)10-19-18(23)26-11-12-8-6-5-7-9-12/h5-9H,3-4,10-11H2,1-2H3,(H,19,23). The van der Waals surface area contributed by atoms with Gasteiger partial charge in [-0.2, -0.15) is 0 Å². The lowest BCUT2D eigenvalue weighted by molar-refractivity contribution is 0.0474. The van der Waals surface area contributed by atoms with Gasteiger partial charge in [0.15, 0.2) is 5.76 Å². The summed E-state index contributed by atoms with van der Waals surface area (Å²) in [6.45, 7) is 3.31. The highest BCUT2D eigenvalue weighted by molar-refractivity contribution is 6.02. The maximum atomic E-state index is 12.1. The van der Waals surface area contributed by atoms with E-state index in [2.05, 4.69) is 10.5 Å². The summed E-state index contributed by atoms with van der Waals surface area (Å²) >= 11 is 0. The van der Waals surface area contributed by atoms with Crippen LogP contribution in [0.4, 0.5) is 4.79 Å². The number of nitrogens with one attached hydrogen (secondary N) is 1. The van der Waals surface area contributed by atoms with E-state index in [9.17, 15) is 14.4 Å². The van der Waals surface area contributed by atoms with Gasteiger partial charge in [-0.3, -0.25) is 0 Å². The molecule has 0 radical (unpaired) electrons. The number of nitrogens with zero attached hydrogens (tertiary/aromatic N) is 1. The van der Waals surface area contributed by atoms with E-state index in [1.54, 1.807) is 13.8 Å². The minimum Gasteiger partial charge on any atom is -0.462 e. The zero-order valence-electron chi connectivity index (χ0n) is 15.0. The third kappa shape index (κ3) is 5.56. The number of alkyl carbamates (subject to hydrolysis) is 1. The Labute approximate surface area is 155 Å². The first-order chi connectivity index (χ1) is 13.1. The van der Waals surface area contributed by atoms with Crippen LogP contribution in [0.15, 0.2) is 34.9 Å². The van der Waals surface area contributed by atoms with Gasteiger partial charge in [0.25, 0.3) is 0 Å². The minimum absolute atomic E-state index is 0.0341. The summed E-state index contributed by atoms with van der Waals surface area (Å²) in [6, 6.07) is 9.13. The van der Waals surface area contributed by atoms with Crippen LogP contribution in [0.25, 0.3) is 0 Å². The van der Waals surface area contributed by atoms with E-state index < -0.39 is 18.0 Å². The van der Waals surface area contributed by atoms with Gasteiger partial charge in [0.1, 0.15) is 12.2 Å². The molecular formula is C18H20N2O7. The Kier molecular flexibility index (Phi) is 7.36. The van der Waals surface area contributed by atoms with Gasteiger partial charge in [0.05, 0.1) is 19.8 Å². The lowest BCUT2D eigenvalue weighted by Gasteiger charge is -2.07. The van der Waals surface area contributed by atoms with Crippen molar-refractivity contribution in [3.63, 3.8) is 0 Å². The van der Waals surface area contributed by atoms with Crippen LogP contribution in [0.2, 0.25) is 0 Å². The summed E-state index contributed by atoms with van der Waals surface area (Å²) in [7, 11) is 0. The highest BCUT2D eigenvalue weighted by Gasteiger charge is 2.29. The number of aromatic nitrogens is 1. The lowest BCUT2D eigenvalue weighted by Crippen LogP contribution is -2.25. The molecule has 0 spiro atoms. The van der Waals surface area contributed by atoms with Gasteiger partial charge >= 0.3 is 18.0 Å². The van der Waals surface area contributed by atoms with Crippen molar-refractivity contribution in [2.75, 3.05) is 13.2 Å². The molecule has 0 unspecified atom stereocenters. The molecule has 0 saturated heterocycles. The van der Waals surface area contributed by atoms with Gasteiger partial charge in [-0.05, 0) is 19.4 Å². The van der Waals surface area contributed by atoms with Crippen molar-refractivity contribution in [2.24, 2.45) is 0 Å². The smallest absolute Gasteiger partial charge is 0.407 e. The largest absolute Gasteiger partial charge is 0.462 e. The summed E-state index contributed by atoms with van der Waals surface area (Å²) in [5, 5.41) is 6.00. The molecular weight excluding hydrogens is 356 g/mol. The number of ether oxygens (including phenoxy) is 3. The first kappa shape index (κ1) is 20.0. The number of esters is 2. The van der Waals surface area contributed by atoms with Crippen molar-refractivity contribution in [2.45, 2.75) is 27.0 Å². The molecule has 1 N–H and O–H groups in total. The normalized spacial score (nSPS) is 10.1. The molecule has 9 heteroatoms. The van der Waals surface area contributed by atoms with Gasteiger partial charge < -0.3 is 24.1 Å². The van der Waals surface area contributed by atoms with E-state index in [1.165, 1.54) is 0 Å². The van der Waals surface area contributed by atoms with Gasteiger partial charge in [-0.1, -0.05) is 35.5 Å². The van der Waals surface area contributed by atoms with Crippen LogP contribution in [-0.2, 0) is 27.4 Å². The van der Waals surface area contributed by atoms with Crippen LogP contribution in [0.3, 0.4) is 0 Å². The monoisotopic (exact) mass is 376 g/mol. The Morgan fingerprint density at radius 1 is 1.00 bits per heavy atom. The second-order valence-electron chi connectivity index (χ2n) is 5.19. The molecule has 1 aromatic heterocycles. The van der Waals surface area contributed by atoms with Crippen molar-refractivity contribution in [3.05, 3.63) is 52.9 Å². The number of carbonyl (C=O) groups is 3. The summed E-state index contributed by atoms with van der Waals surface area (Å²) in [6.07, 6.45) is -0.720. The maximum absolute atomic E-state index is 12.1. The summed E-state index contributed by atoms with van der Waals surface area (Å²) in [5.41, 5.74) is 0.340. The third-order valence-corrected chi connectivity index (χ3v) is 3.32. The molecule has 0 atom stereocenters. The van der Waals surface area contributed by atoms with Gasteiger partial charge in [0.2, 0.25) is 5.69 Å². The summed E-state index contributed by atoms with van der Waals surface area (Å²) in [5.74, 6) is -1.65. The molecule has 0 fully saturated rings. The fourth-order valence-electron chi connectivity index (χ4n) is 2.12. The van der Waals surface area contributed by atoms with Crippen LogP contribution < -0.4 is 5.32 Å². The van der Waals surface area contributed by atoms with E-state index in [-0.39, 0.29) is 43.4 Å². The van der Waals surface area contributed by atoms with E-state index in [0.29, 0.717) is 0 Å². The molecule has 1 aromatic carbocycles. The zero-order valence-corrected chi connectivity index (χ0v) is 15.0. The van der Waals surface area contributed by atoms with E-state index in [4.69, 9.17) is 18.7 Å². The van der Waals surface area contributed by atoms with Crippen LogP contribution in [-0.4, -0.2) is 36.4 Å². The average molecular weight is 376 g/mol. The Morgan fingerprint density at radius 2 is 1.67 bits per heavy atom. The molecule has 27 heavy (non-hydrogen) atoms. The Hall–Kier alpha value is -3.36. The highest BCUT2D eigenvalue weighted by Crippen LogP contribution is 2.17. The molecule has 9 nitrogen and oxygen atoms in total. The zero-order chi connectivity index (χ0) is 19.6. The number of benzene rings is 1. The fraction of sp³-hybridized carbons (Fsp3) is 0.333. The van der Waals surface area contributed by atoms with Gasteiger partial charge in [0, 0.05) is 0 Å². The molecule has 2 rings (SSSR count).